The molecule has 6 rings (SSSR count). The zero-order chi connectivity index (χ0) is 21.7. The van der Waals surface area contributed by atoms with E-state index in [9.17, 15) is 4.79 Å². The first-order chi connectivity index (χ1) is 14.7. The van der Waals surface area contributed by atoms with Gasteiger partial charge in [-0.2, -0.15) is 15.0 Å². The van der Waals surface area contributed by atoms with Crippen LogP contribution in [-0.4, -0.2) is 26.7 Å². The minimum Gasteiger partial charge on any atom is -0.297 e. The molecule has 0 saturated heterocycles. The fraction of sp³-hybridized carbons (Fsp3) is 0.880. The molecule has 5 saturated carbocycles. The average molecular weight is 432 g/mol. The number of hydrogen-bond acceptors (Lipinski definition) is 3. The van der Waals surface area contributed by atoms with E-state index in [0.717, 1.165) is 42.7 Å². The number of nitrogens with zero attached hydrogens (tertiary/aromatic N) is 3. The first-order valence-corrected chi connectivity index (χ1v) is 12.5. The lowest BCUT2D eigenvalue weighted by Crippen LogP contribution is -2.52. The molecule has 10 atom stereocenters. The maximum Gasteiger partial charge on any atom is 0.255 e. The Hall–Kier alpha value is -1.33. The third-order valence-corrected chi connectivity index (χ3v) is 10.4. The van der Waals surface area contributed by atoms with Gasteiger partial charge in [0.05, 0.1) is 11.9 Å². The normalized spacial score (nSPS) is 49.5. The summed E-state index contributed by atoms with van der Waals surface area (Å²) in [4.78, 5) is 14.8. The quantitative estimate of drug-likeness (QED) is 0.664. The molecular weight excluding hydrogens is 396 g/mol. The molecular formula is C25H35F2N3O. The van der Waals surface area contributed by atoms with E-state index >= 15 is 8.78 Å². The number of alkyl halides is 2. The Balaban J connectivity index is 1.29. The van der Waals surface area contributed by atoms with Crippen LogP contribution in [0.3, 0.4) is 0 Å². The number of aryl methyl sites for hydroxylation is 1. The standard InChI is InChI=1S/C25H35F2N3O/c1-13-4-6-16-15(10-13)5-7-18-17(16)8-9-24(3)20(18)22-23(25(22,26)27)21(24)19(31)12-30-28-11-14(2)29-30/h11,13,15-18,20-23H,4-10,12H2,1-3H3/t13-,15+,16-,17+,18+,20?,21-,22-,23+,24-/m0/s1. The van der Waals surface area contributed by atoms with Gasteiger partial charge in [0, 0.05) is 17.8 Å². The Morgan fingerprint density at radius 3 is 2.61 bits per heavy atom. The van der Waals surface area contributed by atoms with Gasteiger partial charge in [-0.15, -0.1) is 0 Å². The number of rotatable bonds is 3. The van der Waals surface area contributed by atoms with Crippen molar-refractivity contribution in [1.82, 2.24) is 15.0 Å². The number of hydrogen-bond donors (Lipinski definition) is 0. The smallest absolute Gasteiger partial charge is 0.255 e. The van der Waals surface area contributed by atoms with Crippen LogP contribution in [0.2, 0.25) is 0 Å². The molecule has 0 radical (unpaired) electrons. The van der Waals surface area contributed by atoms with Crippen molar-refractivity contribution in [1.29, 1.82) is 0 Å². The Bertz CT molecular complexity index is 899. The lowest BCUT2D eigenvalue weighted by atomic mass is 9.48. The van der Waals surface area contributed by atoms with Crippen LogP contribution in [0.15, 0.2) is 6.20 Å². The molecule has 5 aliphatic rings. The van der Waals surface area contributed by atoms with Crippen molar-refractivity contribution in [2.24, 2.45) is 58.7 Å². The van der Waals surface area contributed by atoms with Crippen LogP contribution in [0.4, 0.5) is 8.78 Å². The molecule has 0 spiro atoms. The second kappa shape index (κ2) is 6.60. The molecule has 1 aromatic heterocycles. The number of ketones is 1. The highest BCUT2D eigenvalue weighted by Gasteiger charge is 2.84. The van der Waals surface area contributed by atoms with Gasteiger partial charge in [-0.3, -0.25) is 4.79 Å². The maximum atomic E-state index is 15.1. The van der Waals surface area contributed by atoms with Gasteiger partial charge in [0.1, 0.15) is 6.54 Å². The van der Waals surface area contributed by atoms with Crippen LogP contribution in [0.25, 0.3) is 0 Å². The van der Waals surface area contributed by atoms with Gasteiger partial charge in [0.2, 0.25) is 0 Å². The van der Waals surface area contributed by atoms with E-state index in [1.165, 1.54) is 30.5 Å². The molecule has 170 valence electrons. The highest BCUT2D eigenvalue weighted by molar-refractivity contribution is 5.83. The molecule has 1 aromatic rings. The van der Waals surface area contributed by atoms with Gasteiger partial charge in [-0.25, -0.2) is 8.78 Å². The van der Waals surface area contributed by atoms with Gasteiger partial charge < -0.3 is 0 Å². The van der Waals surface area contributed by atoms with Crippen molar-refractivity contribution in [3.05, 3.63) is 11.9 Å². The summed E-state index contributed by atoms with van der Waals surface area (Å²) in [6.45, 7) is 6.40. The highest BCUT2D eigenvalue weighted by Crippen LogP contribution is 2.79. The summed E-state index contributed by atoms with van der Waals surface area (Å²) in [5.74, 6) is -1.28. The van der Waals surface area contributed by atoms with Crippen molar-refractivity contribution >= 4 is 5.78 Å². The topological polar surface area (TPSA) is 47.8 Å². The molecule has 0 bridgehead atoms. The van der Waals surface area contributed by atoms with Crippen LogP contribution < -0.4 is 0 Å². The van der Waals surface area contributed by atoms with Crippen LogP contribution >= 0.6 is 0 Å². The van der Waals surface area contributed by atoms with E-state index in [4.69, 9.17) is 0 Å². The molecule has 0 aliphatic heterocycles. The SMILES string of the molecule is Cc1cnn(CC(=O)[C@H]2[C@@H]3[C@H](C4[C@@H]5CC[C@@H]6C[C@@H](C)CC[C@@H]6[C@H]5CC[C@@]42C)C3(F)F)n1. The van der Waals surface area contributed by atoms with E-state index in [1.54, 1.807) is 6.20 Å². The van der Waals surface area contributed by atoms with Crippen molar-refractivity contribution in [2.45, 2.75) is 78.2 Å². The summed E-state index contributed by atoms with van der Waals surface area (Å²) < 4.78 is 30.2. The second-order valence-corrected chi connectivity index (χ2v) is 12.0. The summed E-state index contributed by atoms with van der Waals surface area (Å²) >= 11 is 0. The van der Waals surface area contributed by atoms with E-state index in [0.29, 0.717) is 11.8 Å². The lowest BCUT2D eigenvalue weighted by molar-refractivity contribution is -0.142. The van der Waals surface area contributed by atoms with E-state index < -0.39 is 23.7 Å². The number of aromatic nitrogens is 3. The monoisotopic (exact) mass is 431 g/mol. The zero-order valence-corrected chi connectivity index (χ0v) is 18.9. The fourth-order valence-electron chi connectivity index (χ4n) is 9.35. The summed E-state index contributed by atoms with van der Waals surface area (Å²) in [5, 5.41) is 8.38. The van der Waals surface area contributed by atoms with Gasteiger partial charge in [0.25, 0.3) is 5.92 Å². The van der Waals surface area contributed by atoms with Crippen molar-refractivity contribution in [3.8, 4) is 0 Å². The van der Waals surface area contributed by atoms with Crippen molar-refractivity contribution in [2.75, 3.05) is 0 Å². The lowest BCUT2D eigenvalue weighted by Gasteiger charge is -2.57. The average Bonchev–Trinajstić information content (AvgIpc) is 3.01. The van der Waals surface area contributed by atoms with Crippen LogP contribution in [-0.2, 0) is 11.3 Å². The van der Waals surface area contributed by atoms with E-state index in [-0.39, 0.29) is 23.7 Å². The number of carbonyl (C=O) groups excluding carboxylic acids is 1. The van der Waals surface area contributed by atoms with E-state index in [2.05, 4.69) is 24.0 Å². The number of carbonyl (C=O) groups is 1. The van der Waals surface area contributed by atoms with Crippen LogP contribution in [0.1, 0.15) is 64.5 Å². The van der Waals surface area contributed by atoms with Crippen LogP contribution in [0.5, 0.6) is 0 Å². The summed E-state index contributed by atoms with van der Waals surface area (Å²) in [6.07, 6.45) is 9.90. The van der Waals surface area contributed by atoms with Gasteiger partial charge in [-0.1, -0.05) is 20.3 Å². The maximum absolute atomic E-state index is 15.1. The van der Waals surface area contributed by atoms with Gasteiger partial charge in [-0.05, 0) is 86.4 Å². The summed E-state index contributed by atoms with van der Waals surface area (Å²) in [6, 6.07) is 0. The first-order valence-electron chi connectivity index (χ1n) is 12.5. The molecule has 4 nitrogen and oxygen atoms in total. The van der Waals surface area contributed by atoms with E-state index in [1.807, 2.05) is 6.92 Å². The molecule has 1 heterocycles. The van der Waals surface area contributed by atoms with Gasteiger partial charge >= 0.3 is 0 Å². The Morgan fingerprint density at radius 2 is 1.87 bits per heavy atom. The van der Waals surface area contributed by atoms with Gasteiger partial charge in [0.15, 0.2) is 5.78 Å². The highest BCUT2D eigenvalue weighted by atomic mass is 19.3. The minimum absolute atomic E-state index is 0.00724. The third kappa shape index (κ3) is 2.78. The molecule has 0 amide bonds. The molecule has 0 N–H and O–H groups in total. The Kier molecular flexibility index (Phi) is 4.32. The predicted octanol–water partition coefficient (Wildman–Crippen LogP) is 5.16. The minimum atomic E-state index is -2.67. The fourth-order valence-corrected chi connectivity index (χ4v) is 9.35. The number of halogens is 2. The molecule has 0 aromatic carbocycles. The Morgan fingerprint density at radius 1 is 1.10 bits per heavy atom. The molecule has 1 unspecified atom stereocenters. The molecule has 6 heteroatoms. The predicted molar refractivity (Wildman–Crippen MR) is 112 cm³/mol. The molecule has 5 aliphatic carbocycles. The number of fused-ring (bicyclic) bond motifs is 7. The van der Waals surface area contributed by atoms with Crippen LogP contribution in [0, 0.1) is 65.6 Å². The zero-order valence-electron chi connectivity index (χ0n) is 18.9. The number of Topliss-reactive ketones (excluding diaryl/α,β-unsaturated/α-hetero) is 1. The van der Waals surface area contributed by atoms with Crippen molar-refractivity contribution < 1.29 is 13.6 Å². The largest absolute Gasteiger partial charge is 0.297 e. The van der Waals surface area contributed by atoms with Crippen molar-refractivity contribution in [3.63, 3.8) is 0 Å². The second-order valence-electron chi connectivity index (χ2n) is 12.0. The molecule has 31 heavy (non-hydrogen) atoms. The summed E-state index contributed by atoms with van der Waals surface area (Å²) in [5.41, 5.74) is 0.462. The third-order valence-electron chi connectivity index (χ3n) is 10.4. The summed E-state index contributed by atoms with van der Waals surface area (Å²) in [7, 11) is 0. The Labute approximate surface area is 183 Å². The molecule has 5 fully saturated rings. The first kappa shape index (κ1) is 20.3.